The van der Waals surface area contributed by atoms with Crippen molar-refractivity contribution >= 4 is 11.6 Å². The lowest BCUT2D eigenvalue weighted by atomic mass is 9.89. The molecule has 4 rings (SSSR count). The molecule has 0 N–H and O–H groups in total. The summed E-state index contributed by atoms with van der Waals surface area (Å²) in [4.78, 5) is 21.6. The Bertz CT molecular complexity index is 866. The van der Waals surface area contributed by atoms with Gasteiger partial charge >= 0.3 is 0 Å². The van der Waals surface area contributed by atoms with Crippen LogP contribution in [0.5, 0.6) is 0 Å². The zero-order chi connectivity index (χ0) is 19.2. The van der Waals surface area contributed by atoms with Crippen molar-refractivity contribution < 1.29 is 9.18 Å². The number of likely N-dealkylation sites (tertiary alicyclic amines) is 1. The maximum atomic E-state index is 13.8. The molecule has 5 heteroatoms. The first-order valence-electron chi connectivity index (χ1n) is 9.63. The number of benzene rings is 1. The number of rotatable bonds is 2. The second kappa shape index (κ2) is 6.63. The second-order valence-corrected chi connectivity index (χ2v) is 8.40. The molecule has 2 aliphatic rings. The largest absolute Gasteiger partial charge is 0.363 e. The van der Waals surface area contributed by atoms with Gasteiger partial charge in [-0.2, -0.15) is 0 Å². The summed E-state index contributed by atoms with van der Waals surface area (Å²) in [6, 6.07) is 12.8. The van der Waals surface area contributed by atoms with Crippen molar-refractivity contribution in [2.45, 2.75) is 45.2 Å². The van der Waals surface area contributed by atoms with Crippen LogP contribution in [0.1, 0.15) is 42.9 Å². The standard InChI is InChI=1S/C22H26FN3O/c1-15-6-4-9-19(24-15)21(27)25-11-10-20-16(14-25)13-22(2,3)26(20)18-8-5-7-17(23)12-18/h4-9,12,16,20H,10-11,13-14H2,1-3H3/t16-,20+/m1/s1. The third-order valence-electron chi connectivity index (χ3n) is 5.92. The molecule has 2 atom stereocenters. The van der Waals surface area contributed by atoms with E-state index in [-0.39, 0.29) is 17.3 Å². The van der Waals surface area contributed by atoms with Gasteiger partial charge in [0.15, 0.2) is 0 Å². The predicted molar refractivity (Wildman–Crippen MR) is 104 cm³/mol. The highest BCUT2D eigenvalue weighted by atomic mass is 19.1. The van der Waals surface area contributed by atoms with E-state index in [2.05, 4.69) is 23.7 Å². The number of anilines is 1. The number of nitrogens with zero attached hydrogens (tertiary/aromatic N) is 3. The molecule has 0 unspecified atom stereocenters. The zero-order valence-corrected chi connectivity index (χ0v) is 16.2. The topological polar surface area (TPSA) is 36.4 Å². The number of carbonyl (C=O) groups excluding carboxylic acids is 1. The van der Waals surface area contributed by atoms with Crippen LogP contribution in [-0.2, 0) is 0 Å². The summed E-state index contributed by atoms with van der Waals surface area (Å²) in [5.41, 5.74) is 2.25. The van der Waals surface area contributed by atoms with E-state index < -0.39 is 0 Å². The molecule has 1 aromatic carbocycles. The van der Waals surface area contributed by atoms with Gasteiger partial charge in [-0.1, -0.05) is 12.1 Å². The molecule has 4 nitrogen and oxygen atoms in total. The average molecular weight is 367 g/mol. The van der Waals surface area contributed by atoms with Gasteiger partial charge in [0.2, 0.25) is 0 Å². The number of aromatic nitrogens is 1. The van der Waals surface area contributed by atoms with Gasteiger partial charge < -0.3 is 9.80 Å². The summed E-state index contributed by atoms with van der Waals surface area (Å²) in [5, 5.41) is 0. The maximum Gasteiger partial charge on any atom is 0.272 e. The van der Waals surface area contributed by atoms with E-state index in [1.807, 2.05) is 30.0 Å². The smallest absolute Gasteiger partial charge is 0.272 e. The summed E-state index contributed by atoms with van der Waals surface area (Å²) in [7, 11) is 0. The summed E-state index contributed by atoms with van der Waals surface area (Å²) in [6.45, 7) is 7.76. The quantitative estimate of drug-likeness (QED) is 0.803. The summed E-state index contributed by atoms with van der Waals surface area (Å²) in [5.74, 6) is 0.190. The normalized spacial score (nSPS) is 24.0. The van der Waals surface area contributed by atoms with E-state index in [0.717, 1.165) is 30.8 Å². The highest BCUT2D eigenvalue weighted by molar-refractivity contribution is 5.92. The van der Waals surface area contributed by atoms with Crippen molar-refractivity contribution in [2.24, 2.45) is 5.92 Å². The highest BCUT2D eigenvalue weighted by Gasteiger charge is 2.48. The Morgan fingerprint density at radius 2 is 2.00 bits per heavy atom. The molecule has 0 aliphatic carbocycles. The molecule has 0 radical (unpaired) electrons. The number of piperidine rings is 1. The van der Waals surface area contributed by atoms with Crippen LogP contribution < -0.4 is 4.90 Å². The van der Waals surface area contributed by atoms with Crippen LogP contribution in [0.4, 0.5) is 10.1 Å². The molecule has 1 amide bonds. The summed E-state index contributed by atoms with van der Waals surface area (Å²) >= 11 is 0. The molecule has 142 valence electrons. The Morgan fingerprint density at radius 1 is 1.22 bits per heavy atom. The number of pyridine rings is 1. The van der Waals surface area contributed by atoms with E-state index in [4.69, 9.17) is 0 Å². The molecule has 2 aromatic rings. The van der Waals surface area contributed by atoms with Crippen molar-refractivity contribution in [1.29, 1.82) is 0 Å². The number of aryl methyl sites for hydroxylation is 1. The van der Waals surface area contributed by atoms with E-state index in [1.165, 1.54) is 6.07 Å². The highest BCUT2D eigenvalue weighted by Crippen LogP contribution is 2.44. The molecule has 27 heavy (non-hydrogen) atoms. The molecule has 3 heterocycles. The molecule has 2 aliphatic heterocycles. The van der Waals surface area contributed by atoms with Gasteiger partial charge in [-0.25, -0.2) is 9.37 Å². The van der Waals surface area contributed by atoms with Crippen LogP contribution in [0.3, 0.4) is 0 Å². The van der Waals surface area contributed by atoms with Gasteiger partial charge in [0.1, 0.15) is 11.5 Å². The lowest BCUT2D eigenvalue weighted by Crippen LogP contribution is -2.50. The van der Waals surface area contributed by atoms with Crippen molar-refractivity contribution in [3.63, 3.8) is 0 Å². The molecule has 0 bridgehead atoms. The van der Waals surface area contributed by atoms with Crippen LogP contribution in [0, 0.1) is 18.7 Å². The Labute approximate surface area is 160 Å². The lowest BCUT2D eigenvalue weighted by Gasteiger charge is -2.41. The van der Waals surface area contributed by atoms with Crippen LogP contribution >= 0.6 is 0 Å². The van der Waals surface area contributed by atoms with Crippen LogP contribution in [0.15, 0.2) is 42.5 Å². The third kappa shape index (κ3) is 3.31. The van der Waals surface area contributed by atoms with Gasteiger partial charge in [0.05, 0.1) is 0 Å². The zero-order valence-electron chi connectivity index (χ0n) is 16.2. The van der Waals surface area contributed by atoms with Gasteiger partial charge in [0, 0.05) is 36.1 Å². The first-order chi connectivity index (χ1) is 12.8. The molecular formula is C22H26FN3O. The first-order valence-corrected chi connectivity index (χ1v) is 9.63. The minimum Gasteiger partial charge on any atom is -0.363 e. The van der Waals surface area contributed by atoms with Crippen molar-refractivity contribution in [3.05, 3.63) is 59.7 Å². The number of amides is 1. The van der Waals surface area contributed by atoms with E-state index in [9.17, 15) is 9.18 Å². The van der Waals surface area contributed by atoms with Gasteiger partial charge in [-0.05, 0) is 69.9 Å². The van der Waals surface area contributed by atoms with E-state index in [1.54, 1.807) is 18.2 Å². The fraction of sp³-hybridized carbons (Fsp3) is 0.455. The van der Waals surface area contributed by atoms with Crippen LogP contribution in [0.2, 0.25) is 0 Å². The van der Waals surface area contributed by atoms with Crippen molar-refractivity contribution in [1.82, 2.24) is 9.88 Å². The predicted octanol–water partition coefficient (Wildman–Crippen LogP) is 4.05. The van der Waals surface area contributed by atoms with Crippen LogP contribution in [0.25, 0.3) is 0 Å². The number of hydrogen-bond donors (Lipinski definition) is 0. The number of halogens is 1. The van der Waals surface area contributed by atoms with Crippen molar-refractivity contribution in [3.8, 4) is 0 Å². The number of carbonyl (C=O) groups is 1. The molecule has 1 aromatic heterocycles. The first kappa shape index (κ1) is 18.0. The van der Waals surface area contributed by atoms with Gasteiger partial charge in [0.25, 0.3) is 5.91 Å². The van der Waals surface area contributed by atoms with Crippen LogP contribution in [-0.4, -0.2) is 40.5 Å². The Kier molecular flexibility index (Phi) is 4.41. The Hall–Kier alpha value is -2.43. The second-order valence-electron chi connectivity index (χ2n) is 8.40. The fourth-order valence-electron chi connectivity index (χ4n) is 4.92. The summed E-state index contributed by atoms with van der Waals surface area (Å²) < 4.78 is 13.8. The SMILES string of the molecule is Cc1cccc(C(=O)N2CC[C@H]3[C@@H](C2)CC(C)(C)N3c2cccc(F)c2)n1. The maximum absolute atomic E-state index is 13.8. The molecule has 0 saturated carbocycles. The molecule has 2 saturated heterocycles. The van der Waals surface area contributed by atoms with Gasteiger partial charge in [-0.3, -0.25) is 4.79 Å². The fourth-order valence-corrected chi connectivity index (χ4v) is 4.92. The molecular weight excluding hydrogens is 341 g/mol. The monoisotopic (exact) mass is 367 g/mol. The average Bonchev–Trinajstić information content (AvgIpc) is 2.89. The molecule has 0 spiro atoms. The Morgan fingerprint density at radius 3 is 2.74 bits per heavy atom. The van der Waals surface area contributed by atoms with Gasteiger partial charge in [-0.15, -0.1) is 0 Å². The third-order valence-corrected chi connectivity index (χ3v) is 5.92. The molecule has 2 fully saturated rings. The van der Waals surface area contributed by atoms with E-state index in [0.29, 0.717) is 24.2 Å². The lowest BCUT2D eigenvalue weighted by molar-refractivity contribution is 0.0661. The minimum absolute atomic E-state index is 0.0131. The van der Waals surface area contributed by atoms with E-state index >= 15 is 0 Å². The Balaban J connectivity index is 1.55. The number of hydrogen-bond acceptors (Lipinski definition) is 3. The number of fused-ring (bicyclic) bond motifs is 1. The van der Waals surface area contributed by atoms with Crippen molar-refractivity contribution in [2.75, 3.05) is 18.0 Å². The summed E-state index contributed by atoms with van der Waals surface area (Å²) in [6.07, 6.45) is 1.88. The minimum atomic E-state index is -0.204.